The average Bonchev–Trinajstić information content (AvgIpc) is 3.12. The number of aromatic carboxylic acids is 1. The van der Waals surface area contributed by atoms with Crippen LogP contribution in [0.3, 0.4) is 0 Å². The van der Waals surface area contributed by atoms with Crippen molar-refractivity contribution in [1.82, 2.24) is 9.47 Å². The molecule has 0 unspecified atom stereocenters. The summed E-state index contributed by atoms with van der Waals surface area (Å²) in [6, 6.07) is 5.81. The van der Waals surface area contributed by atoms with E-state index in [2.05, 4.69) is 29.5 Å². The van der Waals surface area contributed by atoms with Crippen molar-refractivity contribution in [3.8, 4) is 0 Å². The lowest BCUT2D eigenvalue weighted by molar-refractivity contribution is 0.0697. The second kappa shape index (κ2) is 6.13. The molecule has 1 aliphatic rings. The molecule has 1 N–H and O–H groups in total. The van der Waals surface area contributed by atoms with Gasteiger partial charge in [-0.3, -0.25) is 0 Å². The molecule has 2 heterocycles. The first-order chi connectivity index (χ1) is 10.6. The molecular weight excluding hydrogens is 276 g/mol. The van der Waals surface area contributed by atoms with E-state index in [-0.39, 0.29) is 0 Å². The third-order valence-electron chi connectivity index (χ3n) is 4.62. The van der Waals surface area contributed by atoms with Gasteiger partial charge in [-0.1, -0.05) is 6.07 Å². The Kier molecular flexibility index (Phi) is 4.21. The molecular formula is C18H24N2O2. The van der Waals surface area contributed by atoms with Crippen LogP contribution in [0.2, 0.25) is 0 Å². The molecule has 2 aromatic rings. The van der Waals surface area contributed by atoms with E-state index in [0.717, 1.165) is 18.5 Å². The van der Waals surface area contributed by atoms with Crippen molar-refractivity contribution in [2.45, 2.75) is 39.2 Å². The normalized spacial score (nSPS) is 16.0. The molecule has 0 aliphatic carbocycles. The number of carboxylic acid groups (broad SMARTS) is 1. The van der Waals surface area contributed by atoms with Crippen molar-refractivity contribution in [2.24, 2.45) is 0 Å². The molecule has 1 aromatic carbocycles. The summed E-state index contributed by atoms with van der Waals surface area (Å²) in [7, 11) is 0. The minimum absolute atomic E-state index is 0.326. The Morgan fingerprint density at radius 1 is 1.27 bits per heavy atom. The second-order valence-electron chi connectivity index (χ2n) is 6.49. The topological polar surface area (TPSA) is 45.5 Å². The summed E-state index contributed by atoms with van der Waals surface area (Å²) < 4.78 is 2.20. The number of nitrogens with zero attached hydrogens (tertiary/aromatic N) is 2. The van der Waals surface area contributed by atoms with Crippen LogP contribution in [0.4, 0.5) is 0 Å². The van der Waals surface area contributed by atoms with Crippen molar-refractivity contribution in [3.63, 3.8) is 0 Å². The van der Waals surface area contributed by atoms with Crippen LogP contribution in [-0.2, 0) is 6.42 Å². The Balaban J connectivity index is 1.93. The van der Waals surface area contributed by atoms with Gasteiger partial charge in [0.1, 0.15) is 0 Å². The van der Waals surface area contributed by atoms with Gasteiger partial charge in [0.05, 0.1) is 5.56 Å². The van der Waals surface area contributed by atoms with E-state index in [1.165, 1.54) is 36.9 Å². The number of hydrogen-bond donors (Lipinski definition) is 1. The smallest absolute Gasteiger partial charge is 0.335 e. The molecule has 22 heavy (non-hydrogen) atoms. The van der Waals surface area contributed by atoms with Crippen molar-refractivity contribution in [2.75, 3.05) is 19.6 Å². The second-order valence-corrected chi connectivity index (χ2v) is 6.49. The van der Waals surface area contributed by atoms with Gasteiger partial charge in [-0.15, -0.1) is 0 Å². The number of hydrogen-bond acceptors (Lipinski definition) is 2. The summed E-state index contributed by atoms with van der Waals surface area (Å²) in [6.07, 6.45) is 5.87. The molecule has 0 bridgehead atoms. The highest BCUT2D eigenvalue weighted by atomic mass is 16.4. The zero-order valence-corrected chi connectivity index (χ0v) is 13.4. The van der Waals surface area contributed by atoms with Crippen LogP contribution >= 0.6 is 0 Å². The van der Waals surface area contributed by atoms with Crippen LogP contribution in [0.1, 0.15) is 48.7 Å². The summed E-state index contributed by atoms with van der Waals surface area (Å²) in [5, 5.41) is 10.4. The van der Waals surface area contributed by atoms with Gasteiger partial charge in [0, 0.05) is 29.7 Å². The van der Waals surface area contributed by atoms with Gasteiger partial charge in [0.25, 0.3) is 0 Å². The molecule has 0 atom stereocenters. The molecule has 1 saturated heterocycles. The standard InChI is InChI=1S/C18H24N2O2/c1-13(2)20-12-15(7-10-19-8-3-4-9-19)16-6-5-14(18(21)22)11-17(16)20/h5-6,11-13H,3-4,7-10H2,1-2H3,(H,21,22). The summed E-state index contributed by atoms with van der Waals surface area (Å²) in [6.45, 7) is 7.80. The van der Waals surface area contributed by atoms with Gasteiger partial charge >= 0.3 is 5.97 Å². The lowest BCUT2D eigenvalue weighted by Crippen LogP contribution is -2.21. The van der Waals surface area contributed by atoms with Gasteiger partial charge in [-0.05, 0) is 63.9 Å². The number of benzene rings is 1. The molecule has 1 fully saturated rings. The van der Waals surface area contributed by atoms with Gasteiger partial charge < -0.3 is 14.6 Å². The first-order valence-electron chi connectivity index (χ1n) is 8.15. The number of aromatic nitrogens is 1. The Hall–Kier alpha value is -1.81. The molecule has 1 aromatic heterocycles. The van der Waals surface area contributed by atoms with Gasteiger partial charge in [0.2, 0.25) is 0 Å². The van der Waals surface area contributed by atoms with Crippen LogP contribution in [-0.4, -0.2) is 40.2 Å². The zero-order chi connectivity index (χ0) is 15.7. The van der Waals surface area contributed by atoms with E-state index < -0.39 is 5.97 Å². The average molecular weight is 300 g/mol. The quantitative estimate of drug-likeness (QED) is 0.918. The predicted octanol–water partition coefficient (Wildman–Crippen LogP) is 3.56. The number of likely N-dealkylation sites (tertiary alicyclic amines) is 1. The van der Waals surface area contributed by atoms with E-state index >= 15 is 0 Å². The summed E-state index contributed by atoms with van der Waals surface area (Å²) in [5.74, 6) is -0.864. The molecule has 0 saturated carbocycles. The van der Waals surface area contributed by atoms with E-state index in [4.69, 9.17) is 0 Å². The molecule has 4 heteroatoms. The molecule has 0 spiro atoms. The minimum Gasteiger partial charge on any atom is -0.478 e. The number of carbonyl (C=O) groups is 1. The van der Waals surface area contributed by atoms with Crippen molar-refractivity contribution >= 4 is 16.9 Å². The fraction of sp³-hybridized carbons (Fsp3) is 0.500. The highest BCUT2D eigenvalue weighted by Crippen LogP contribution is 2.27. The fourth-order valence-electron chi connectivity index (χ4n) is 3.37. The summed E-state index contributed by atoms with van der Waals surface area (Å²) >= 11 is 0. The summed E-state index contributed by atoms with van der Waals surface area (Å²) in [4.78, 5) is 13.7. The van der Waals surface area contributed by atoms with E-state index in [9.17, 15) is 9.90 Å². The number of carboxylic acids is 1. The molecule has 3 rings (SSSR count). The third-order valence-corrected chi connectivity index (χ3v) is 4.62. The maximum absolute atomic E-state index is 11.2. The zero-order valence-electron chi connectivity index (χ0n) is 13.4. The Morgan fingerprint density at radius 2 is 2.00 bits per heavy atom. The molecule has 0 radical (unpaired) electrons. The first kappa shape index (κ1) is 15.1. The highest BCUT2D eigenvalue weighted by molar-refractivity contribution is 5.94. The Morgan fingerprint density at radius 3 is 2.64 bits per heavy atom. The van der Waals surface area contributed by atoms with Gasteiger partial charge in [-0.25, -0.2) is 4.79 Å². The van der Waals surface area contributed by atoms with Crippen LogP contribution < -0.4 is 0 Å². The van der Waals surface area contributed by atoms with Gasteiger partial charge in [-0.2, -0.15) is 0 Å². The molecule has 1 aliphatic heterocycles. The Bertz CT molecular complexity index is 682. The van der Waals surface area contributed by atoms with Gasteiger partial charge in [0.15, 0.2) is 0 Å². The minimum atomic E-state index is -0.864. The largest absolute Gasteiger partial charge is 0.478 e. The molecule has 4 nitrogen and oxygen atoms in total. The van der Waals surface area contributed by atoms with Crippen LogP contribution in [0, 0.1) is 0 Å². The van der Waals surface area contributed by atoms with Crippen LogP contribution in [0.5, 0.6) is 0 Å². The maximum atomic E-state index is 11.2. The SMILES string of the molecule is CC(C)n1cc(CCN2CCCC2)c2ccc(C(=O)O)cc21. The fourth-order valence-corrected chi connectivity index (χ4v) is 3.37. The van der Waals surface area contributed by atoms with Crippen molar-refractivity contribution < 1.29 is 9.90 Å². The first-order valence-corrected chi connectivity index (χ1v) is 8.15. The number of fused-ring (bicyclic) bond motifs is 1. The monoisotopic (exact) mass is 300 g/mol. The van der Waals surface area contributed by atoms with E-state index in [1.54, 1.807) is 12.1 Å². The van der Waals surface area contributed by atoms with Crippen LogP contribution in [0.25, 0.3) is 10.9 Å². The van der Waals surface area contributed by atoms with Crippen molar-refractivity contribution in [1.29, 1.82) is 0 Å². The maximum Gasteiger partial charge on any atom is 0.335 e. The van der Waals surface area contributed by atoms with E-state index in [0.29, 0.717) is 11.6 Å². The lowest BCUT2D eigenvalue weighted by atomic mass is 10.1. The third kappa shape index (κ3) is 2.88. The number of rotatable bonds is 5. The predicted molar refractivity (Wildman–Crippen MR) is 88.7 cm³/mol. The molecule has 118 valence electrons. The lowest BCUT2D eigenvalue weighted by Gasteiger charge is -2.13. The highest BCUT2D eigenvalue weighted by Gasteiger charge is 2.16. The van der Waals surface area contributed by atoms with Crippen molar-refractivity contribution in [3.05, 3.63) is 35.5 Å². The van der Waals surface area contributed by atoms with E-state index in [1.807, 2.05) is 6.07 Å². The summed E-state index contributed by atoms with van der Waals surface area (Å²) in [5.41, 5.74) is 2.72. The molecule has 0 amide bonds. The van der Waals surface area contributed by atoms with Crippen LogP contribution in [0.15, 0.2) is 24.4 Å². The Labute approximate surface area is 131 Å².